The van der Waals surface area contributed by atoms with E-state index in [2.05, 4.69) is 71.0 Å². The minimum atomic E-state index is -1.04. The number of likely N-dealkylation sites (tertiary alicyclic amines) is 2. The van der Waals surface area contributed by atoms with Crippen molar-refractivity contribution in [3.05, 3.63) is 79.0 Å². The minimum absolute atomic E-state index is 0.0803. The number of methoxy groups -OCH3 is 2. The molecule has 3 aliphatic rings. The molecule has 6 atom stereocenters. The number of carbonyl (C=O) groups is 3. The van der Waals surface area contributed by atoms with Crippen molar-refractivity contribution in [3.63, 3.8) is 0 Å². The molecule has 0 bridgehead atoms. The number of terminal acetylenes is 1. The Bertz CT molecular complexity index is 1950. The Morgan fingerprint density at radius 2 is 1.50 bits per heavy atom. The molecule has 1 aliphatic carbocycles. The van der Waals surface area contributed by atoms with E-state index in [1.165, 1.54) is 6.42 Å². The topological polar surface area (TPSA) is 130 Å². The lowest BCUT2D eigenvalue weighted by atomic mass is 9.97. The third kappa shape index (κ3) is 17.8. The van der Waals surface area contributed by atoms with Gasteiger partial charge in [-0.3, -0.25) is 14.4 Å². The maximum atomic E-state index is 12.4. The number of fused-ring (bicyclic) bond motifs is 1. The zero-order chi connectivity index (χ0) is 47.8. The number of pyridine rings is 1. The summed E-state index contributed by atoms with van der Waals surface area (Å²) in [6.45, 7) is 21.4. The number of nitrogens with one attached hydrogen (secondary N) is 2. The number of piperidine rings is 1. The molecule has 2 saturated heterocycles. The highest BCUT2D eigenvalue weighted by Crippen LogP contribution is 2.32. The Hall–Kier alpha value is -5.15. The molecule has 0 radical (unpaired) electrons. The highest BCUT2D eigenvalue weighted by molar-refractivity contribution is 7.84. The maximum Gasteiger partial charge on any atom is 0.223 e. The van der Waals surface area contributed by atoms with Crippen molar-refractivity contribution in [2.24, 2.45) is 11.8 Å². The first-order valence-corrected chi connectivity index (χ1v) is 24.1. The quantitative estimate of drug-likeness (QED) is 0.0883. The number of hydrogen-bond acceptors (Lipinski definition) is 7. The number of nitrogens with zero attached hydrogens (tertiary/aromatic N) is 3. The van der Waals surface area contributed by atoms with Crippen molar-refractivity contribution < 1.29 is 28.1 Å². The van der Waals surface area contributed by atoms with Gasteiger partial charge in [-0.15, -0.1) is 19.4 Å². The Morgan fingerprint density at radius 1 is 0.891 bits per heavy atom. The molecular weight excluding hydrogens is 823 g/mol. The SMILES string of the molecule is C#C.C=CC(C)C(NC=O)/C(=C\CC)NS(=O)C1CC1.CC(C)C.CC1CCCC(C)N1C(=O)CCC(=O)N1CCC[C@H]1C.COc1ccc2c(OC)cc(-c3ccccc3)nc2c1. The number of ether oxygens (including phenoxy) is 2. The minimum Gasteiger partial charge on any atom is -0.497 e. The Kier molecular flexibility index (Phi) is 25.2. The van der Waals surface area contributed by atoms with Crippen molar-refractivity contribution in [2.45, 2.75) is 149 Å². The van der Waals surface area contributed by atoms with Crippen LogP contribution in [0.1, 0.15) is 120 Å². The van der Waals surface area contributed by atoms with Gasteiger partial charge in [0, 0.05) is 66.3 Å². The monoisotopic (exact) mass is 900 g/mol. The second-order valence-electron chi connectivity index (χ2n) is 17.2. The number of rotatable bonds is 15. The predicted octanol–water partition coefficient (Wildman–Crippen LogP) is 10.0. The van der Waals surface area contributed by atoms with E-state index < -0.39 is 11.0 Å². The van der Waals surface area contributed by atoms with E-state index in [0.29, 0.717) is 37.4 Å². The summed E-state index contributed by atoms with van der Waals surface area (Å²) in [5.74, 6) is 2.83. The van der Waals surface area contributed by atoms with E-state index in [1.807, 2.05) is 84.3 Å². The van der Waals surface area contributed by atoms with E-state index in [0.717, 1.165) is 96.8 Å². The molecule has 1 aromatic heterocycles. The average molecular weight is 900 g/mol. The van der Waals surface area contributed by atoms with Gasteiger partial charge in [0.1, 0.15) is 22.5 Å². The summed E-state index contributed by atoms with van der Waals surface area (Å²) in [6, 6.07) is 18.6. The van der Waals surface area contributed by atoms with Gasteiger partial charge >= 0.3 is 0 Å². The van der Waals surface area contributed by atoms with Crippen LogP contribution in [0.2, 0.25) is 0 Å². The zero-order valence-electron chi connectivity index (χ0n) is 40.3. The Morgan fingerprint density at radius 3 is 2.02 bits per heavy atom. The fraction of sp³-hybridized carbons (Fsp3) is 0.538. The molecule has 2 aromatic carbocycles. The number of hydrogen-bond donors (Lipinski definition) is 2. The molecule has 3 amide bonds. The van der Waals surface area contributed by atoms with Crippen LogP contribution in [0.4, 0.5) is 0 Å². The van der Waals surface area contributed by atoms with Crippen molar-refractivity contribution in [1.29, 1.82) is 0 Å². The Balaban J connectivity index is 0.000000311. The highest BCUT2D eigenvalue weighted by atomic mass is 32.2. The highest BCUT2D eigenvalue weighted by Gasteiger charge is 2.32. The molecule has 64 heavy (non-hydrogen) atoms. The molecule has 2 aliphatic heterocycles. The molecule has 0 spiro atoms. The van der Waals surface area contributed by atoms with Crippen molar-refractivity contribution in [1.82, 2.24) is 24.8 Å². The van der Waals surface area contributed by atoms with Gasteiger partial charge in [0.2, 0.25) is 18.2 Å². The van der Waals surface area contributed by atoms with Gasteiger partial charge in [0.15, 0.2) is 0 Å². The zero-order valence-corrected chi connectivity index (χ0v) is 41.1. The Labute approximate surface area is 387 Å². The van der Waals surface area contributed by atoms with Crippen molar-refractivity contribution in [3.8, 4) is 35.6 Å². The maximum absolute atomic E-state index is 12.4. The number of aromatic nitrogens is 1. The summed E-state index contributed by atoms with van der Waals surface area (Å²) < 4.78 is 25.7. The van der Waals surface area contributed by atoms with E-state index in [9.17, 15) is 18.6 Å². The predicted molar refractivity (Wildman–Crippen MR) is 265 cm³/mol. The number of allylic oxidation sites excluding steroid dienone is 1. The van der Waals surface area contributed by atoms with Crippen molar-refractivity contribution in [2.75, 3.05) is 20.8 Å². The first kappa shape index (κ1) is 55.0. The second kappa shape index (κ2) is 29.3. The van der Waals surface area contributed by atoms with Crippen molar-refractivity contribution >= 4 is 40.1 Å². The number of benzene rings is 2. The van der Waals surface area contributed by atoms with Crippen LogP contribution in [-0.4, -0.2) is 87.4 Å². The normalized spacial score (nSPS) is 19.3. The molecule has 3 heterocycles. The van der Waals surface area contributed by atoms with Crippen LogP contribution in [0.3, 0.4) is 0 Å². The van der Waals surface area contributed by atoms with Gasteiger partial charge < -0.3 is 29.3 Å². The van der Waals surface area contributed by atoms with E-state index in [1.54, 1.807) is 20.3 Å². The summed E-state index contributed by atoms with van der Waals surface area (Å²) in [6.07, 6.45) is 21.6. The smallest absolute Gasteiger partial charge is 0.223 e. The molecule has 3 fully saturated rings. The summed E-state index contributed by atoms with van der Waals surface area (Å²) in [4.78, 5) is 43.9. The van der Waals surface area contributed by atoms with Crippen LogP contribution in [0.5, 0.6) is 11.5 Å². The van der Waals surface area contributed by atoms with Crippen LogP contribution < -0.4 is 19.5 Å². The molecule has 352 valence electrons. The third-order valence-corrected chi connectivity index (χ3v) is 12.6. The largest absolute Gasteiger partial charge is 0.497 e. The van der Waals surface area contributed by atoms with Gasteiger partial charge in [-0.05, 0) is 96.1 Å². The number of amides is 3. The van der Waals surface area contributed by atoms with E-state index in [4.69, 9.17) is 14.5 Å². The van der Waals surface area contributed by atoms with Crippen LogP contribution in [-0.2, 0) is 25.4 Å². The number of carbonyl (C=O) groups excluding carboxylic acids is 3. The molecule has 5 unspecified atom stereocenters. The van der Waals surface area contributed by atoms with Gasteiger partial charge in [-0.2, -0.15) is 0 Å². The first-order valence-electron chi connectivity index (χ1n) is 22.9. The van der Waals surface area contributed by atoms with E-state index >= 15 is 0 Å². The van der Waals surface area contributed by atoms with Gasteiger partial charge in [-0.1, -0.05) is 77.1 Å². The summed E-state index contributed by atoms with van der Waals surface area (Å²) >= 11 is 0. The first-order chi connectivity index (χ1) is 30.7. The molecule has 3 aromatic rings. The van der Waals surface area contributed by atoms with E-state index in [-0.39, 0.29) is 29.0 Å². The second-order valence-corrected chi connectivity index (χ2v) is 18.7. The molecule has 2 N–H and O–H groups in total. The molecule has 6 rings (SSSR count). The summed E-state index contributed by atoms with van der Waals surface area (Å²) in [5, 5.41) is 4.01. The van der Waals surface area contributed by atoms with Crippen LogP contribution in [0.15, 0.2) is 79.0 Å². The molecule has 12 heteroatoms. The van der Waals surface area contributed by atoms with Crippen LogP contribution >= 0.6 is 0 Å². The van der Waals surface area contributed by atoms with Gasteiger partial charge in [-0.25, -0.2) is 9.19 Å². The third-order valence-electron chi connectivity index (χ3n) is 11.1. The lowest BCUT2D eigenvalue weighted by Gasteiger charge is -2.39. The lowest BCUT2D eigenvalue weighted by molar-refractivity contribution is -0.141. The molecular formula is C52H77N5O6S. The lowest BCUT2D eigenvalue weighted by Crippen LogP contribution is -2.47. The summed E-state index contributed by atoms with van der Waals surface area (Å²) in [7, 11) is 2.28. The fourth-order valence-corrected chi connectivity index (χ4v) is 8.77. The average Bonchev–Trinajstić information content (AvgIpc) is 4.07. The van der Waals surface area contributed by atoms with Crippen LogP contribution in [0, 0.1) is 24.7 Å². The summed E-state index contributed by atoms with van der Waals surface area (Å²) in [5.41, 5.74) is 3.64. The van der Waals surface area contributed by atoms with Gasteiger partial charge in [0.05, 0.1) is 36.7 Å². The fourth-order valence-electron chi connectivity index (χ4n) is 7.60. The van der Waals surface area contributed by atoms with Crippen LogP contribution in [0.25, 0.3) is 22.2 Å². The molecule has 11 nitrogen and oxygen atoms in total. The molecule has 1 saturated carbocycles. The van der Waals surface area contributed by atoms with Gasteiger partial charge in [0.25, 0.3) is 0 Å². The standard InChI is InChI=1S/C17H15NO2.C16H28N2O2.C13H22N2O2S.C4H10.C2H2/c1-19-13-8-9-14-16(10-13)18-15(11-17(14)20-2)12-6-4-3-5-7-12;1-12-8-5-11-17(12)15(19)9-10-16(20)18-13(2)6-4-7-14(18)3;1-4-6-12(15-18(17)11-7-8-11)13(14-9-16)10(3)5-2;1-4(2)3;1-2/h3-11H,1-2H3;12-14H,4-11H2,1-3H3;5-6,9-11,13,15H,2,4,7-8H2,1,3H3,(H,14,16);4H,1-3H3;1-2H/b;;12-6+;;/t;12-,13?,14?;;;/m.1.../s1.